The van der Waals surface area contributed by atoms with E-state index in [0.717, 1.165) is 5.69 Å². The number of anilines is 2. The number of rotatable bonds is 4. The van der Waals surface area contributed by atoms with Gasteiger partial charge in [-0.25, -0.2) is 0 Å². The van der Waals surface area contributed by atoms with E-state index in [0.29, 0.717) is 37.0 Å². The molecule has 1 saturated heterocycles. The van der Waals surface area contributed by atoms with Gasteiger partial charge >= 0.3 is 0 Å². The first kappa shape index (κ1) is 16.6. The minimum atomic E-state index is -0.360. The largest absolute Gasteiger partial charge is 0.378 e. The molecule has 0 bridgehead atoms. The van der Waals surface area contributed by atoms with Gasteiger partial charge in [0.25, 0.3) is 0 Å². The van der Waals surface area contributed by atoms with Gasteiger partial charge in [0.2, 0.25) is 11.8 Å². The van der Waals surface area contributed by atoms with Crippen molar-refractivity contribution >= 4 is 34.8 Å². The van der Waals surface area contributed by atoms with Crippen LogP contribution in [0.5, 0.6) is 0 Å². The SMILES string of the molecule is CC(=O)Nc1ccc(NC(C)C(=O)N2CCOCC2)cc1Cl. The highest BCUT2D eigenvalue weighted by molar-refractivity contribution is 6.34. The van der Waals surface area contributed by atoms with Gasteiger partial charge in [0.05, 0.1) is 23.9 Å². The average molecular weight is 326 g/mol. The van der Waals surface area contributed by atoms with Crippen LogP contribution < -0.4 is 10.6 Å². The maximum atomic E-state index is 12.3. The summed E-state index contributed by atoms with van der Waals surface area (Å²) < 4.78 is 5.24. The van der Waals surface area contributed by atoms with E-state index in [2.05, 4.69) is 10.6 Å². The Morgan fingerprint density at radius 3 is 2.59 bits per heavy atom. The van der Waals surface area contributed by atoms with Gasteiger partial charge in [-0.05, 0) is 25.1 Å². The van der Waals surface area contributed by atoms with E-state index in [1.807, 2.05) is 6.92 Å². The van der Waals surface area contributed by atoms with Crippen LogP contribution in [0.15, 0.2) is 18.2 Å². The van der Waals surface area contributed by atoms with Gasteiger partial charge in [-0.15, -0.1) is 0 Å². The third-order valence-electron chi connectivity index (χ3n) is 3.36. The van der Waals surface area contributed by atoms with Gasteiger partial charge in [-0.1, -0.05) is 11.6 Å². The number of nitrogens with zero attached hydrogens (tertiary/aromatic N) is 1. The van der Waals surface area contributed by atoms with E-state index in [9.17, 15) is 9.59 Å². The molecule has 0 saturated carbocycles. The average Bonchev–Trinajstić information content (AvgIpc) is 2.49. The zero-order valence-electron chi connectivity index (χ0n) is 12.7. The van der Waals surface area contributed by atoms with Gasteiger partial charge in [0.15, 0.2) is 0 Å². The second-order valence-corrected chi connectivity index (χ2v) is 5.59. The summed E-state index contributed by atoms with van der Waals surface area (Å²) in [6, 6.07) is 4.81. The molecule has 2 N–H and O–H groups in total. The molecule has 1 aliphatic rings. The number of carbonyl (C=O) groups is 2. The molecule has 6 nitrogen and oxygen atoms in total. The van der Waals surface area contributed by atoms with E-state index in [4.69, 9.17) is 16.3 Å². The molecule has 0 radical (unpaired) electrons. The van der Waals surface area contributed by atoms with Crippen molar-refractivity contribution < 1.29 is 14.3 Å². The van der Waals surface area contributed by atoms with Gasteiger partial charge < -0.3 is 20.3 Å². The molecule has 1 unspecified atom stereocenters. The first-order chi connectivity index (χ1) is 10.5. The summed E-state index contributed by atoms with van der Waals surface area (Å²) in [4.78, 5) is 25.2. The molecule has 1 aromatic rings. The molecule has 1 fully saturated rings. The van der Waals surface area contributed by atoms with E-state index in [-0.39, 0.29) is 17.9 Å². The van der Waals surface area contributed by atoms with E-state index < -0.39 is 0 Å². The summed E-state index contributed by atoms with van der Waals surface area (Å²) in [6.45, 7) is 5.63. The zero-order chi connectivity index (χ0) is 16.1. The molecule has 0 aromatic heterocycles. The smallest absolute Gasteiger partial charge is 0.244 e. The van der Waals surface area contributed by atoms with Crippen molar-refractivity contribution in [1.82, 2.24) is 4.90 Å². The van der Waals surface area contributed by atoms with Crippen LogP contribution in [0.1, 0.15) is 13.8 Å². The van der Waals surface area contributed by atoms with Gasteiger partial charge in [0.1, 0.15) is 6.04 Å². The molecule has 0 spiro atoms. The fourth-order valence-electron chi connectivity index (χ4n) is 2.27. The highest BCUT2D eigenvalue weighted by Gasteiger charge is 2.22. The van der Waals surface area contributed by atoms with Crippen molar-refractivity contribution in [3.8, 4) is 0 Å². The molecule has 0 aliphatic carbocycles. The van der Waals surface area contributed by atoms with Gasteiger partial charge in [0, 0.05) is 25.7 Å². The number of nitrogens with one attached hydrogen (secondary N) is 2. The number of hydrogen-bond acceptors (Lipinski definition) is 4. The van der Waals surface area contributed by atoms with Crippen molar-refractivity contribution in [3.05, 3.63) is 23.2 Å². The summed E-state index contributed by atoms with van der Waals surface area (Å²) in [5, 5.41) is 6.19. The van der Waals surface area contributed by atoms with Crippen LogP contribution in [0.25, 0.3) is 0 Å². The predicted molar refractivity (Wildman–Crippen MR) is 86.2 cm³/mol. The Balaban J connectivity index is 1.98. The molecule has 2 rings (SSSR count). The lowest BCUT2D eigenvalue weighted by atomic mass is 10.2. The molecule has 1 atom stereocenters. The highest BCUT2D eigenvalue weighted by atomic mass is 35.5. The van der Waals surface area contributed by atoms with Crippen LogP contribution in [0, 0.1) is 0 Å². The first-order valence-corrected chi connectivity index (χ1v) is 7.55. The number of morpholine rings is 1. The quantitative estimate of drug-likeness (QED) is 0.887. The summed E-state index contributed by atoms with van der Waals surface area (Å²) in [7, 11) is 0. The topological polar surface area (TPSA) is 70.7 Å². The predicted octanol–water partition coefficient (Wildman–Crippen LogP) is 1.96. The lowest BCUT2D eigenvalue weighted by Gasteiger charge is -2.29. The number of benzene rings is 1. The van der Waals surface area contributed by atoms with E-state index in [1.165, 1.54) is 6.92 Å². The standard InChI is InChI=1S/C15H20ClN3O3/c1-10(15(21)19-5-7-22-8-6-19)17-12-3-4-14(13(16)9-12)18-11(2)20/h3-4,9-10,17H,5-8H2,1-2H3,(H,18,20). The molecule has 7 heteroatoms. The summed E-state index contributed by atoms with van der Waals surface area (Å²) >= 11 is 6.12. The molecule has 22 heavy (non-hydrogen) atoms. The lowest BCUT2D eigenvalue weighted by Crippen LogP contribution is -2.46. The fourth-order valence-corrected chi connectivity index (χ4v) is 2.49. The maximum Gasteiger partial charge on any atom is 0.244 e. The number of hydrogen-bond donors (Lipinski definition) is 2. The fraction of sp³-hybridized carbons (Fsp3) is 0.467. The molecular weight excluding hydrogens is 306 g/mol. The molecular formula is C15H20ClN3O3. The Labute approximate surface area is 134 Å². The van der Waals surface area contributed by atoms with Crippen LogP contribution in [-0.4, -0.2) is 49.1 Å². The van der Waals surface area contributed by atoms with Crippen molar-refractivity contribution in [2.24, 2.45) is 0 Å². The number of carbonyl (C=O) groups excluding carboxylic acids is 2. The van der Waals surface area contributed by atoms with E-state index >= 15 is 0 Å². The Morgan fingerprint density at radius 1 is 1.32 bits per heavy atom. The Bertz CT molecular complexity index is 559. The Morgan fingerprint density at radius 2 is 2.00 bits per heavy atom. The second-order valence-electron chi connectivity index (χ2n) is 5.18. The number of ether oxygens (including phenoxy) is 1. The van der Waals surface area contributed by atoms with Crippen LogP contribution in [-0.2, 0) is 14.3 Å². The molecule has 1 heterocycles. The highest BCUT2D eigenvalue weighted by Crippen LogP contribution is 2.26. The first-order valence-electron chi connectivity index (χ1n) is 7.17. The third-order valence-corrected chi connectivity index (χ3v) is 3.67. The second kappa shape index (κ2) is 7.47. The van der Waals surface area contributed by atoms with Crippen LogP contribution >= 0.6 is 11.6 Å². The number of amides is 2. The van der Waals surface area contributed by atoms with Crippen molar-refractivity contribution in [3.63, 3.8) is 0 Å². The molecule has 2 amide bonds. The minimum Gasteiger partial charge on any atom is -0.378 e. The normalized spacial score (nSPS) is 16.0. The zero-order valence-corrected chi connectivity index (χ0v) is 13.4. The van der Waals surface area contributed by atoms with Gasteiger partial charge in [-0.3, -0.25) is 9.59 Å². The molecule has 1 aromatic carbocycles. The van der Waals surface area contributed by atoms with Crippen molar-refractivity contribution in [2.75, 3.05) is 36.9 Å². The lowest BCUT2D eigenvalue weighted by molar-refractivity contribution is -0.135. The number of halogens is 1. The Kier molecular flexibility index (Phi) is 5.63. The maximum absolute atomic E-state index is 12.3. The third kappa shape index (κ3) is 4.35. The monoisotopic (exact) mass is 325 g/mol. The summed E-state index contributed by atoms with van der Waals surface area (Å²) in [6.07, 6.45) is 0. The molecule has 1 aliphatic heterocycles. The van der Waals surface area contributed by atoms with Gasteiger partial charge in [-0.2, -0.15) is 0 Å². The molecule has 120 valence electrons. The summed E-state index contributed by atoms with van der Waals surface area (Å²) in [5.41, 5.74) is 1.28. The van der Waals surface area contributed by atoms with Crippen LogP contribution in [0.4, 0.5) is 11.4 Å². The van der Waals surface area contributed by atoms with Crippen molar-refractivity contribution in [2.45, 2.75) is 19.9 Å². The van der Waals surface area contributed by atoms with Crippen LogP contribution in [0.2, 0.25) is 5.02 Å². The minimum absolute atomic E-state index is 0.0327. The van der Waals surface area contributed by atoms with Crippen molar-refractivity contribution in [1.29, 1.82) is 0 Å². The summed E-state index contributed by atoms with van der Waals surface area (Å²) in [5.74, 6) is -0.149. The van der Waals surface area contributed by atoms with Crippen LogP contribution in [0.3, 0.4) is 0 Å². The van der Waals surface area contributed by atoms with E-state index in [1.54, 1.807) is 23.1 Å². The Hall–Kier alpha value is -1.79.